The van der Waals surface area contributed by atoms with E-state index in [9.17, 15) is 14.4 Å². The number of carbonyl (C=O) groups excluding carboxylic acids is 1. The molecule has 0 fully saturated rings. The van der Waals surface area contributed by atoms with Gasteiger partial charge in [-0.25, -0.2) is 4.39 Å². The summed E-state index contributed by atoms with van der Waals surface area (Å²) in [4.78, 5) is 12.6. The maximum absolute atomic E-state index is 13.3. The van der Waals surface area contributed by atoms with Gasteiger partial charge in [0.1, 0.15) is 29.8 Å². The van der Waals surface area contributed by atoms with Crippen molar-refractivity contribution < 1.29 is 13.9 Å². The van der Waals surface area contributed by atoms with Gasteiger partial charge in [0.2, 0.25) is 0 Å². The number of amides is 1. The van der Waals surface area contributed by atoms with Crippen LogP contribution in [0.1, 0.15) is 22.3 Å². The molecule has 0 bridgehead atoms. The zero-order valence-corrected chi connectivity index (χ0v) is 16.8. The van der Waals surface area contributed by atoms with Gasteiger partial charge in [-0.15, -0.1) is 0 Å². The summed E-state index contributed by atoms with van der Waals surface area (Å²) in [6, 6.07) is 20.9. The van der Waals surface area contributed by atoms with Crippen molar-refractivity contribution in [2.24, 2.45) is 0 Å². The van der Waals surface area contributed by atoms with Gasteiger partial charge in [-0.2, -0.15) is 5.26 Å². The Morgan fingerprint density at radius 2 is 1.90 bits per heavy atom. The number of carbonyl (C=O) groups is 1. The van der Waals surface area contributed by atoms with Crippen LogP contribution in [0, 0.1) is 31.0 Å². The molecular weight excluding hydrogens is 379 g/mol. The predicted molar refractivity (Wildman–Crippen MR) is 115 cm³/mol. The molecule has 0 aliphatic carbocycles. The third-order valence-electron chi connectivity index (χ3n) is 4.47. The lowest BCUT2D eigenvalue weighted by Crippen LogP contribution is -2.14. The van der Waals surface area contributed by atoms with Crippen molar-refractivity contribution >= 4 is 17.7 Å². The van der Waals surface area contributed by atoms with Gasteiger partial charge in [0.25, 0.3) is 5.91 Å². The van der Waals surface area contributed by atoms with Crippen molar-refractivity contribution in [2.45, 2.75) is 20.5 Å². The first-order chi connectivity index (χ1) is 14.4. The van der Waals surface area contributed by atoms with Crippen molar-refractivity contribution in [3.63, 3.8) is 0 Å². The molecule has 30 heavy (non-hydrogen) atoms. The van der Waals surface area contributed by atoms with Crippen molar-refractivity contribution in [3.05, 3.63) is 100 Å². The highest BCUT2D eigenvalue weighted by Gasteiger charge is 2.11. The Morgan fingerprint density at radius 1 is 1.10 bits per heavy atom. The molecule has 5 heteroatoms. The zero-order chi connectivity index (χ0) is 21.5. The fraction of sp³-hybridized carbons (Fsp3) is 0.120. The van der Waals surface area contributed by atoms with E-state index in [1.54, 1.807) is 36.4 Å². The molecule has 0 saturated carbocycles. The molecular formula is C25H21FN2O2. The second kappa shape index (κ2) is 9.53. The van der Waals surface area contributed by atoms with Crippen molar-refractivity contribution in [2.75, 3.05) is 5.32 Å². The average Bonchev–Trinajstić information content (AvgIpc) is 2.73. The number of ether oxygens (including phenoxy) is 1. The maximum Gasteiger partial charge on any atom is 0.266 e. The Labute approximate surface area is 175 Å². The van der Waals surface area contributed by atoms with Crippen molar-refractivity contribution in [1.29, 1.82) is 5.26 Å². The quantitative estimate of drug-likeness (QED) is 0.435. The fourth-order valence-electron chi connectivity index (χ4n) is 2.86. The summed E-state index contributed by atoms with van der Waals surface area (Å²) in [7, 11) is 0. The van der Waals surface area contributed by atoms with Crippen LogP contribution in [0.2, 0.25) is 0 Å². The number of hydrogen-bond donors (Lipinski definition) is 1. The number of nitriles is 1. The van der Waals surface area contributed by atoms with Gasteiger partial charge in [0.15, 0.2) is 0 Å². The first-order valence-electron chi connectivity index (χ1n) is 9.42. The van der Waals surface area contributed by atoms with Crippen LogP contribution in [0.3, 0.4) is 0 Å². The number of nitrogens with zero attached hydrogens (tertiary/aromatic N) is 1. The monoisotopic (exact) mass is 400 g/mol. The first-order valence-corrected chi connectivity index (χ1v) is 9.42. The number of aryl methyl sites for hydroxylation is 2. The van der Waals surface area contributed by atoms with Gasteiger partial charge in [0.05, 0.1) is 0 Å². The van der Waals surface area contributed by atoms with E-state index in [4.69, 9.17) is 4.74 Å². The highest BCUT2D eigenvalue weighted by atomic mass is 19.1. The van der Waals surface area contributed by atoms with Crippen LogP contribution in [-0.2, 0) is 11.4 Å². The highest BCUT2D eigenvalue weighted by Crippen LogP contribution is 2.20. The highest BCUT2D eigenvalue weighted by molar-refractivity contribution is 6.10. The van der Waals surface area contributed by atoms with Gasteiger partial charge in [-0.3, -0.25) is 4.79 Å². The third-order valence-corrected chi connectivity index (χ3v) is 4.47. The number of anilines is 1. The van der Waals surface area contributed by atoms with E-state index in [1.807, 2.05) is 38.1 Å². The van der Waals surface area contributed by atoms with E-state index < -0.39 is 5.91 Å². The minimum atomic E-state index is -0.475. The van der Waals surface area contributed by atoms with Crippen LogP contribution in [0.25, 0.3) is 6.08 Å². The first kappa shape index (κ1) is 20.8. The minimum absolute atomic E-state index is 0.0156. The zero-order valence-electron chi connectivity index (χ0n) is 16.8. The van der Waals surface area contributed by atoms with E-state index >= 15 is 0 Å². The van der Waals surface area contributed by atoms with Crippen LogP contribution in [0.5, 0.6) is 5.75 Å². The van der Waals surface area contributed by atoms with E-state index in [-0.39, 0.29) is 18.0 Å². The summed E-state index contributed by atoms with van der Waals surface area (Å²) in [5, 5.41) is 12.3. The average molecular weight is 400 g/mol. The van der Waals surface area contributed by atoms with Crippen LogP contribution in [0.15, 0.2) is 72.3 Å². The molecule has 0 atom stereocenters. The molecule has 0 radical (unpaired) electrons. The minimum Gasteiger partial charge on any atom is -0.489 e. The molecule has 1 amide bonds. The van der Waals surface area contributed by atoms with E-state index in [0.717, 1.165) is 11.1 Å². The topological polar surface area (TPSA) is 62.1 Å². The molecule has 0 heterocycles. The molecule has 3 aromatic carbocycles. The smallest absolute Gasteiger partial charge is 0.266 e. The number of rotatable bonds is 6. The number of benzene rings is 3. The maximum atomic E-state index is 13.3. The molecule has 1 N–H and O–H groups in total. The Balaban J connectivity index is 1.73. The molecule has 0 aromatic heterocycles. The lowest BCUT2D eigenvalue weighted by Gasteiger charge is -2.09. The lowest BCUT2D eigenvalue weighted by atomic mass is 10.1. The van der Waals surface area contributed by atoms with Crippen LogP contribution < -0.4 is 10.1 Å². The van der Waals surface area contributed by atoms with Crippen LogP contribution in [0.4, 0.5) is 10.1 Å². The summed E-state index contributed by atoms with van der Waals surface area (Å²) >= 11 is 0. The number of halogens is 1. The predicted octanol–water partition coefficient (Wildman–Crippen LogP) is 5.57. The SMILES string of the molecule is Cc1ccc(C)c(NC(=O)/C(C#N)=C\c2cccc(OCc3cccc(F)c3)c2)c1. The fourth-order valence-corrected chi connectivity index (χ4v) is 2.86. The molecule has 0 unspecified atom stereocenters. The van der Waals surface area contributed by atoms with Gasteiger partial charge in [-0.1, -0.05) is 36.4 Å². The molecule has 0 spiro atoms. The number of nitrogens with one attached hydrogen (secondary N) is 1. The van der Waals surface area contributed by atoms with Crippen LogP contribution >= 0.6 is 0 Å². The molecule has 0 aliphatic heterocycles. The normalized spacial score (nSPS) is 10.9. The molecule has 0 aliphatic rings. The lowest BCUT2D eigenvalue weighted by molar-refractivity contribution is -0.112. The van der Waals surface area contributed by atoms with Crippen molar-refractivity contribution in [3.8, 4) is 11.8 Å². The Morgan fingerprint density at radius 3 is 2.67 bits per heavy atom. The standard InChI is InChI=1S/C25H21FN2O2/c1-17-9-10-18(2)24(11-17)28-25(29)21(15-27)12-19-5-4-8-23(14-19)30-16-20-6-3-7-22(26)13-20/h3-14H,16H2,1-2H3,(H,28,29)/b21-12-. The third kappa shape index (κ3) is 5.55. The Bertz CT molecular complexity index is 1150. The molecule has 150 valence electrons. The largest absolute Gasteiger partial charge is 0.489 e. The number of hydrogen-bond acceptors (Lipinski definition) is 3. The summed E-state index contributed by atoms with van der Waals surface area (Å²) in [6.45, 7) is 4.04. The van der Waals surface area contributed by atoms with Crippen LogP contribution in [-0.4, -0.2) is 5.91 Å². The Hall–Kier alpha value is -3.91. The summed E-state index contributed by atoms with van der Waals surface area (Å²) in [6.07, 6.45) is 1.51. The van der Waals surface area contributed by atoms with Gasteiger partial charge in [-0.05, 0) is 72.5 Å². The van der Waals surface area contributed by atoms with Gasteiger partial charge in [0, 0.05) is 5.69 Å². The molecule has 4 nitrogen and oxygen atoms in total. The Kier molecular flexibility index (Phi) is 6.61. The molecule has 0 saturated heterocycles. The molecule has 3 aromatic rings. The van der Waals surface area contributed by atoms with Gasteiger partial charge >= 0.3 is 0 Å². The van der Waals surface area contributed by atoms with Crippen molar-refractivity contribution in [1.82, 2.24) is 0 Å². The molecule has 3 rings (SSSR count). The van der Waals surface area contributed by atoms with E-state index in [2.05, 4.69) is 5.32 Å². The van der Waals surface area contributed by atoms with E-state index in [1.165, 1.54) is 18.2 Å². The second-order valence-corrected chi connectivity index (χ2v) is 6.93. The summed E-state index contributed by atoms with van der Waals surface area (Å²) in [5.41, 5.74) is 3.95. The van der Waals surface area contributed by atoms with E-state index in [0.29, 0.717) is 22.6 Å². The summed E-state index contributed by atoms with van der Waals surface area (Å²) < 4.78 is 19.0. The van der Waals surface area contributed by atoms with Gasteiger partial charge < -0.3 is 10.1 Å². The summed E-state index contributed by atoms with van der Waals surface area (Å²) in [5.74, 6) is -0.237. The second-order valence-electron chi connectivity index (χ2n) is 6.93.